The zero-order valence-electron chi connectivity index (χ0n) is 30.8. The Morgan fingerprint density at radius 3 is 1.69 bits per heavy atom. The number of esters is 1. The lowest BCUT2D eigenvalue weighted by atomic mass is 9.97. The van der Waals surface area contributed by atoms with E-state index in [1.165, 1.54) is 116 Å². The first kappa shape index (κ1) is 38.5. The van der Waals surface area contributed by atoms with Crippen LogP contribution in [-0.4, -0.2) is 18.7 Å². The molecule has 0 aliphatic carbocycles. The smallest absolute Gasteiger partial charge is 0.343 e. The van der Waals surface area contributed by atoms with Gasteiger partial charge in [0, 0.05) is 0 Å². The van der Waals surface area contributed by atoms with Crippen LogP contribution in [0.15, 0.2) is 66.7 Å². The van der Waals surface area contributed by atoms with Gasteiger partial charge in [0.2, 0.25) is 0 Å². The second kappa shape index (κ2) is 23.2. The molecule has 3 aromatic rings. The molecule has 4 rings (SSSR count). The van der Waals surface area contributed by atoms with E-state index in [0.29, 0.717) is 11.3 Å². The third-order valence-corrected chi connectivity index (χ3v) is 9.97. The predicted octanol–water partition coefficient (Wildman–Crippen LogP) is 13.5. The first-order valence-corrected chi connectivity index (χ1v) is 20.0. The summed E-state index contributed by atoms with van der Waals surface area (Å²) in [7, 11) is 0. The predicted molar refractivity (Wildman–Crippen MR) is 205 cm³/mol. The molecule has 0 saturated heterocycles. The number of ether oxygens (including phenoxy) is 3. The molecule has 1 atom stereocenters. The van der Waals surface area contributed by atoms with E-state index in [4.69, 9.17) is 14.2 Å². The van der Waals surface area contributed by atoms with Gasteiger partial charge in [0.25, 0.3) is 0 Å². The highest BCUT2D eigenvalue weighted by atomic mass is 16.5. The molecule has 0 amide bonds. The molecule has 1 aliphatic rings. The van der Waals surface area contributed by atoms with Crippen LogP contribution in [0, 0.1) is 0 Å². The number of hydrogen-bond acceptors (Lipinski definition) is 4. The van der Waals surface area contributed by atoms with Gasteiger partial charge in [-0.3, -0.25) is 0 Å². The molecule has 0 fully saturated rings. The van der Waals surface area contributed by atoms with Gasteiger partial charge in [0.15, 0.2) is 0 Å². The number of fused-ring (bicyclic) bond motifs is 1. The summed E-state index contributed by atoms with van der Waals surface area (Å²) in [5.74, 6) is 2.04. The monoisotopic (exact) mass is 668 g/mol. The van der Waals surface area contributed by atoms with Crippen molar-refractivity contribution in [3.8, 4) is 28.4 Å². The third kappa shape index (κ3) is 14.6. The Bertz CT molecular complexity index is 1310. The van der Waals surface area contributed by atoms with Crippen LogP contribution < -0.4 is 14.2 Å². The lowest BCUT2D eigenvalue weighted by Gasteiger charge is -2.26. The van der Waals surface area contributed by atoms with Crippen molar-refractivity contribution in [3.63, 3.8) is 0 Å². The summed E-state index contributed by atoms with van der Waals surface area (Å²) in [6.07, 6.45) is 28.7. The minimum absolute atomic E-state index is 0.284. The zero-order chi connectivity index (χ0) is 34.4. The van der Waals surface area contributed by atoms with Crippen molar-refractivity contribution in [2.45, 2.75) is 161 Å². The van der Waals surface area contributed by atoms with Gasteiger partial charge in [-0.1, -0.05) is 147 Å². The van der Waals surface area contributed by atoms with E-state index < -0.39 is 0 Å². The fourth-order valence-electron chi connectivity index (χ4n) is 6.86. The topological polar surface area (TPSA) is 44.8 Å². The molecule has 0 aromatic heterocycles. The average Bonchev–Trinajstić information content (AvgIpc) is 3.13. The molecule has 0 unspecified atom stereocenters. The van der Waals surface area contributed by atoms with Gasteiger partial charge in [-0.15, -0.1) is 0 Å². The number of rotatable bonds is 25. The Kier molecular flexibility index (Phi) is 18.2. The Hall–Kier alpha value is -3.27. The number of unbranched alkanes of at least 4 members (excludes halogenated alkanes) is 17. The minimum atomic E-state index is -0.337. The van der Waals surface area contributed by atoms with E-state index in [1.54, 1.807) is 0 Å². The fourth-order valence-corrected chi connectivity index (χ4v) is 6.86. The van der Waals surface area contributed by atoms with Gasteiger partial charge in [-0.25, -0.2) is 4.79 Å². The molecule has 0 bridgehead atoms. The first-order chi connectivity index (χ1) is 24.2. The van der Waals surface area contributed by atoms with Crippen molar-refractivity contribution in [1.82, 2.24) is 0 Å². The van der Waals surface area contributed by atoms with Crippen molar-refractivity contribution in [2.75, 3.05) is 6.61 Å². The summed E-state index contributed by atoms with van der Waals surface area (Å²) < 4.78 is 18.0. The van der Waals surface area contributed by atoms with Crippen LogP contribution in [-0.2, 0) is 6.42 Å². The lowest BCUT2D eigenvalue weighted by Crippen LogP contribution is -2.23. The quantitative estimate of drug-likeness (QED) is 0.0512. The second-order valence-electron chi connectivity index (χ2n) is 14.2. The molecular weight excluding hydrogens is 604 g/mol. The summed E-state index contributed by atoms with van der Waals surface area (Å²) in [6.45, 7) is 5.32. The maximum Gasteiger partial charge on any atom is 0.343 e. The highest BCUT2D eigenvalue weighted by molar-refractivity contribution is 5.91. The van der Waals surface area contributed by atoms with Gasteiger partial charge >= 0.3 is 5.97 Å². The maximum atomic E-state index is 13.0. The van der Waals surface area contributed by atoms with E-state index in [-0.39, 0.29) is 12.1 Å². The van der Waals surface area contributed by atoms with E-state index in [0.717, 1.165) is 60.5 Å². The summed E-state index contributed by atoms with van der Waals surface area (Å²) >= 11 is 0. The van der Waals surface area contributed by atoms with Crippen LogP contribution in [0.1, 0.15) is 165 Å². The first-order valence-electron chi connectivity index (χ1n) is 20.0. The van der Waals surface area contributed by atoms with Crippen molar-refractivity contribution in [1.29, 1.82) is 0 Å². The van der Waals surface area contributed by atoms with E-state index in [2.05, 4.69) is 26.0 Å². The molecule has 4 heteroatoms. The molecule has 1 heterocycles. The molecule has 268 valence electrons. The molecule has 0 radical (unpaired) electrons. The summed E-state index contributed by atoms with van der Waals surface area (Å²) in [5, 5.41) is 0. The summed E-state index contributed by atoms with van der Waals surface area (Å²) in [6, 6.07) is 21.7. The van der Waals surface area contributed by atoms with Gasteiger partial charge in [0.05, 0.1) is 18.3 Å². The standard InChI is InChI=1S/C45H64O4/c1-3-5-7-9-11-13-15-17-19-21-35-47-41-29-23-37(24-30-41)38-25-31-43(32-26-38)49-45(46)40-28-34-44-39(36-40)27-33-42(48-44)22-20-18-16-14-12-10-8-6-4-2/h23-26,28-32,34,36,42H,3-22,27,33,35H2,1-2H3/t42-/m0/s1. The second-order valence-corrected chi connectivity index (χ2v) is 14.2. The molecular formula is C45H64O4. The van der Waals surface area contributed by atoms with Gasteiger partial charge in [0.1, 0.15) is 17.2 Å². The summed E-state index contributed by atoms with van der Waals surface area (Å²) in [5.41, 5.74) is 3.85. The Morgan fingerprint density at radius 1 is 0.612 bits per heavy atom. The summed E-state index contributed by atoms with van der Waals surface area (Å²) in [4.78, 5) is 13.0. The van der Waals surface area contributed by atoms with Gasteiger partial charge in [-0.05, 0) is 91.3 Å². The van der Waals surface area contributed by atoms with Crippen LogP contribution in [0.25, 0.3) is 11.1 Å². The number of hydrogen-bond donors (Lipinski definition) is 0. The average molecular weight is 669 g/mol. The Balaban J connectivity index is 1.12. The van der Waals surface area contributed by atoms with Crippen LogP contribution in [0.3, 0.4) is 0 Å². The highest BCUT2D eigenvalue weighted by Gasteiger charge is 2.21. The van der Waals surface area contributed by atoms with E-state index in [1.807, 2.05) is 54.6 Å². The molecule has 49 heavy (non-hydrogen) atoms. The van der Waals surface area contributed by atoms with Crippen LogP contribution in [0.4, 0.5) is 0 Å². The molecule has 4 nitrogen and oxygen atoms in total. The van der Waals surface area contributed by atoms with Crippen molar-refractivity contribution < 1.29 is 19.0 Å². The lowest BCUT2D eigenvalue weighted by molar-refractivity contribution is 0.0734. The van der Waals surface area contributed by atoms with Crippen molar-refractivity contribution in [3.05, 3.63) is 77.9 Å². The molecule has 3 aromatic carbocycles. The van der Waals surface area contributed by atoms with Crippen LogP contribution >= 0.6 is 0 Å². The van der Waals surface area contributed by atoms with Crippen molar-refractivity contribution >= 4 is 5.97 Å². The van der Waals surface area contributed by atoms with E-state index >= 15 is 0 Å². The fraction of sp³-hybridized carbons (Fsp3) is 0.578. The van der Waals surface area contributed by atoms with E-state index in [9.17, 15) is 4.79 Å². The Morgan fingerprint density at radius 2 is 1.12 bits per heavy atom. The normalized spacial score (nSPS) is 13.9. The highest BCUT2D eigenvalue weighted by Crippen LogP contribution is 2.31. The minimum Gasteiger partial charge on any atom is -0.494 e. The maximum absolute atomic E-state index is 13.0. The molecule has 0 saturated carbocycles. The number of benzene rings is 3. The Labute approximate surface area is 298 Å². The van der Waals surface area contributed by atoms with Crippen LogP contribution in [0.5, 0.6) is 17.2 Å². The molecule has 0 N–H and O–H groups in total. The van der Waals surface area contributed by atoms with Gasteiger partial charge in [-0.2, -0.15) is 0 Å². The molecule has 0 spiro atoms. The number of carbonyl (C=O) groups is 1. The number of aryl methyl sites for hydroxylation is 1. The number of carbonyl (C=O) groups excluding carboxylic acids is 1. The largest absolute Gasteiger partial charge is 0.494 e. The zero-order valence-corrected chi connectivity index (χ0v) is 30.8. The van der Waals surface area contributed by atoms with Gasteiger partial charge < -0.3 is 14.2 Å². The van der Waals surface area contributed by atoms with Crippen molar-refractivity contribution in [2.24, 2.45) is 0 Å². The molecule has 1 aliphatic heterocycles. The third-order valence-electron chi connectivity index (χ3n) is 9.97. The SMILES string of the molecule is CCCCCCCCCCCCOc1ccc(-c2ccc(OC(=O)c3ccc4c(c3)CC[C@H](CCCCCCCCCCC)O4)cc2)cc1. The van der Waals surface area contributed by atoms with Crippen LogP contribution in [0.2, 0.25) is 0 Å².